The summed E-state index contributed by atoms with van der Waals surface area (Å²) in [6, 6.07) is 24.2. The van der Waals surface area contributed by atoms with E-state index in [0.29, 0.717) is 5.57 Å². The number of benzene rings is 3. The average molecular weight is 331 g/mol. The Morgan fingerprint density at radius 1 is 1.00 bits per heavy atom. The van der Waals surface area contributed by atoms with Crippen molar-refractivity contribution in [1.29, 1.82) is 0 Å². The van der Waals surface area contributed by atoms with E-state index < -0.39 is 0 Å². The van der Waals surface area contributed by atoms with Gasteiger partial charge in [-0.15, -0.1) is 0 Å². The van der Waals surface area contributed by atoms with E-state index in [1.165, 1.54) is 5.39 Å². The van der Waals surface area contributed by atoms with E-state index in [1.807, 2.05) is 54.6 Å². The summed E-state index contributed by atoms with van der Waals surface area (Å²) in [6.07, 6.45) is 0. The number of fused-ring (bicyclic) bond motifs is 1. The molecule has 126 valence electrons. The molecule has 0 amide bonds. The first-order chi connectivity index (χ1) is 12.1. The van der Waals surface area contributed by atoms with Crippen LogP contribution in [0.25, 0.3) is 10.8 Å². The Bertz CT molecular complexity index is 881. The van der Waals surface area contributed by atoms with Crippen molar-refractivity contribution in [1.82, 2.24) is 0 Å². The van der Waals surface area contributed by atoms with Crippen LogP contribution >= 0.6 is 0 Å². The SMILES string of the molecule is C=C(C)C(=O)OCC(Nc1cccc2ccccc12)c1ccccc1. The Balaban J connectivity index is 1.89. The Labute approximate surface area is 147 Å². The van der Waals surface area contributed by atoms with Crippen LogP contribution in [0.3, 0.4) is 0 Å². The van der Waals surface area contributed by atoms with Gasteiger partial charge in [-0.2, -0.15) is 0 Å². The van der Waals surface area contributed by atoms with Gasteiger partial charge in [-0.1, -0.05) is 73.3 Å². The van der Waals surface area contributed by atoms with Crippen molar-refractivity contribution < 1.29 is 9.53 Å². The van der Waals surface area contributed by atoms with E-state index in [2.05, 4.69) is 30.1 Å². The maximum atomic E-state index is 11.8. The maximum Gasteiger partial charge on any atom is 0.333 e. The zero-order valence-corrected chi connectivity index (χ0v) is 14.2. The minimum atomic E-state index is -0.374. The molecule has 0 aromatic heterocycles. The molecule has 1 unspecified atom stereocenters. The number of ether oxygens (including phenoxy) is 1. The highest BCUT2D eigenvalue weighted by Crippen LogP contribution is 2.27. The zero-order chi connectivity index (χ0) is 17.6. The van der Waals surface area contributed by atoms with Crippen LogP contribution in [-0.4, -0.2) is 12.6 Å². The van der Waals surface area contributed by atoms with Gasteiger partial charge < -0.3 is 10.1 Å². The number of anilines is 1. The van der Waals surface area contributed by atoms with Gasteiger partial charge in [0.1, 0.15) is 6.61 Å². The van der Waals surface area contributed by atoms with Crippen molar-refractivity contribution in [2.45, 2.75) is 13.0 Å². The first-order valence-electron chi connectivity index (χ1n) is 8.27. The normalized spacial score (nSPS) is 11.7. The number of hydrogen-bond acceptors (Lipinski definition) is 3. The summed E-state index contributed by atoms with van der Waals surface area (Å²) in [6.45, 7) is 5.52. The number of carbonyl (C=O) groups excluding carboxylic acids is 1. The summed E-state index contributed by atoms with van der Waals surface area (Å²) in [4.78, 5) is 11.8. The van der Waals surface area contributed by atoms with Gasteiger partial charge in [0.15, 0.2) is 0 Å². The molecule has 1 atom stereocenters. The predicted molar refractivity (Wildman–Crippen MR) is 103 cm³/mol. The number of rotatable bonds is 6. The molecule has 0 heterocycles. The van der Waals surface area contributed by atoms with E-state index in [1.54, 1.807) is 6.92 Å². The fraction of sp³-hybridized carbons (Fsp3) is 0.136. The maximum absolute atomic E-state index is 11.8. The summed E-state index contributed by atoms with van der Waals surface area (Å²) in [5.74, 6) is -0.374. The van der Waals surface area contributed by atoms with Crippen molar-refractivity contribution >= 4 is 22.4 Å². The molecule has 25 heavy (non-hydrogen) atoms. The second-order valence-electron chi connectivity index (χ2n) is 6.01. The molecule has 0 aliphatic carbocycles. The van der Waals surface area contributed by atoms with E-state index in [9.17, 15) is 4.79 Å². The third-order valence-corrected chi connectivity index (χ3v) is 4.05. The van der Waals surface area contributed by atoms with Crippen LogP contribution in [0.2, 0.25) is 0 Å². The molecule has 0 aliphatic heterocycles. The summed E-state index contributed by atoms with van der Waals surface area (Å²) in [5, 5.41) is 5.83. The molecular weight excluding hydrogens is 310 g/mol. The Morgan fingerprint density at radius 3 is 2.44 bits per heavy atom. The third kappa shape index (κ3) is 4.07. The molecule has 0 saturated carbocycles. The molecule has 3 heteroatoms. The molecule has 0 spiro atoms. The van der Waals surface area contributed by atoms with Crippen LogP contribution in [-0.2, 0) is 9.53 Å². The number of nitrogens with one attached hydrogen (secondary N) is 1. The molecule has 3 nitrogen and oxygen atoms in total. The molecular formula is C22H21NO2. The molecule has 0 saturated heterocycles. The van der Waals surface area contributed by atoms with Crippen LogP contribution < -0.4 is 5.32 Å². The molecule has 3 rings (SSSR count). The minimum absolute atomic E-state index is 0.143. The number of esters is 1. The minimum Gasteiger partial charge on any atom is -0.460 e. The van der Waals surface area contributed by atoms with Gasteiger partial charge >= 0.3 is 5.97 Å². The second-order valence-corrected chi connectivity index (χ2v) is 6.01. The summed E-state index contributed by atoms with van der Waals surface area (Å²) in [5.41, 5.74) is 2.47. The smallest absolute Gasteiger partial charge is 0.333 e. The number of hydrogen-bond donors (Lipinski definition) is 1. The molecule has 3 aromatic carbocycles. The van der Waals surface area contributed by atoms with Crippen molar-refractivity contribution in [2.75, 3.05) is 11.9 Å². The van der Waals surface area contributed by atoms with Crippen molar-refractivity contribution in [3.63, 3.8) is 0 Å². The van der Waals surface area contributed by atoms with Crippen LogP contribution in [0.4, 0.5) is 5.69 Å². The quantitative estimate of drug-likeness (QED) is 0.504. The molecule has 0 fully saturated rings. The van der Waals surface area contributed by atoms with E-state index in [-0.39, 0.29) is 18.6 Å². The van der Waals surface area contributed by atoms with Gasteiger partial charge in [0, 0.05) is 16.6 Å². The van der Waals surface area contributed by atoms with E-state index in [4.69, 9.17) is 4.74 Å². The van der Waals surface area contributed by atoms with E-state index in [0.717, 1.165) is 16.6 Å². The van der Waals surface area contributed by atoms with Gasteiger partial charge in [0.05, 0.1) is 6.04 Å². The van der Waals surface area contributed by atoms with Crippen molar-refractivity contribution in [3.05, 3.63) is 90.5 Å². The molecule has 0 radical (unpaired) electrons. The zero-order valence-electron chi connectivity index (χ0n) is 14.2. The van der Waals surface area contributed by atoms with Gasteiger partial charge in [-0.05, 0) is 23.9 Å². The summed E-state index contributed by atoms with van der Waals surface area (Å²) < 4.78 is 5.40. The van der Waals surface area contributed by atoms with Gasteiger partial charge in [-0.25, -0.2) is 4.79 Å². The van der Waals surface area contributed by atoms with Gasteiger partial charge in [0.2, 0.25) is 0 Å². The van der Waals surface area contributed by atoms with Crippen LogP contribution in [0.1, 0.15) is 18.5 Å². The molecule has 1 N–H and O–H groups in total. The first-order valence-corrected chi connectivity index (χ1v) is 8.27. The third-order valence-electron chi connectivity index (χ3n) is 4.05. The highest BCUT2D eigenvalue weighted by atomic mass is 16.5. The fourth-order valence-corrected chi connectivity index (χ4v) is 2.73. The van der Waals surface area contributed by atoms with Crippen LogP contribution in [0, 0.1) is 0 Å². The van der Waals surface area contributed by atoms with Gasteiger partial charge in [-0.3, -0.25) is 0 Å². The average Bonchev–Trinajstić information content (AvgIpc) is 2.65. The Morgan fingerprint density at radius 2 is 1.68 bits per heavy atom. The van der Waals surface area contributed by atoms with Crippen LogP contribution in [0.15, 0.2) is 84.9 Å². The summed E-state index contributed by atoms with van der Waals surface area (Å²) >= 11 is 0. The second kappa shape index (κ2) is 7.67. The lowest BCUT2D eigenvalue weighted by molar-refractivity contribution is -0.139. The van der Waals surface area contributed by atoms with Crippen molar-refractivity contribution in [2.24, 2.45) is 0 Å². The molecule has 0 bridgehead atoms. The van der Waals surface area contributed by atoms with E-state index >= 15 is 0 Å². The highest BCUT2D eigenvalue weighted by Gasteiger charge is 2.15. The monoisotopic (exact) mass is 331 g/mol. The Hall–Kier alpha value is -3.07. The van der Waals surface area contributed by atoms with Crippen LogP contribution in [0.5, 0.6) is 0 Å². The van der Waals surface area contributed by atoms with Gasteiger partial charge in [0.25, 0.3) is 0 Å². The lowest BCUT2D eigenvalue weighted by Crippen LogP contribution is -2.20. The fourth-order valence-electron chi connectivity index (χ4n) is 2.73. The summed E-state index contributed by atoms with van der Waals surface area (Å²) in [7, 11) is 0. The molecule has 3 aromatic rings. The lowest BCUT2D eigenvalue weighted by Gasteiger charge is -2.21. The lowest BCUT2D eigenvalue weighted by atomic mass is 10.0. The standard InChI is InChI=1S/C22H21NO2/c1-16(2)22(24)25-15-21(18-10-4-3-5-11-18)23-20-14-8-12-17-9-6-7-13-19(17)20/h3-14,21,23H,1,15H2,2H3. The Kier molecular flexibility index (Phi) is 5.14. The predicted octanol–water partition coefficient (Wildman–Crippen LogP) is 5.11. The molecule has 0 aliphatic rings. The topological polar surface area (TPSA) is 38.3 Å². The van der Waals surface area contributed by atoms with Crippen molar-refractivity contribution in [3.8, 4) is 0 Å². The highest BCUT2D eigenvalue weighted by molar-refractivity contribution is 5.94. The first kappa shape index (κ1) is 16.8. The number of carbonyl (C=O) groups is 1. The largest absolute Gasteiger partial charge is 0.460 e.